The molecule has 0 unspecified atom stereocenters. The Labute approximate surface area is 175 Å². The number of aliphatic hydroxyl groups excluding tert-OH is 1. The number of fused-ring (bicyclic) bond motifs is 1. The molecular formula is C24H24N3O3-. The third-order valence-corrected chi connectivity index (χ3v) is 5.47. The van der Waals surface area contributed by atoms with Crippen LogP contribution in [0.15, 0.2) is 60.9 Å². The van der Waals surface area contributed by atoms with Gasteiger partial charge in [-0.05, 0) is 30.2 Å². The van der Waals surface area contributed by atoms with E-state index in [1.165, 1.54) is 0 Å². The molecule has 0 saturated carbocycles. The van der Waals surface area contributed by atoms with Crippen molar-refractivity contribution in [3.63, 3.8) is 0 Å². The van der Waals surface area contributed by atoms with E-state index in [0.717, 1.165) is 47.2 Å². The highest BCUT2D eigenvalue weighted by Crippen LogP contribution is 2.26. The topological polar surface area (TPSA) is 83.1 Å². The highest BCUT2D eigenvalue weighted by molar-refractivity contribution is 5.92. The van der Waals surface area contributed by atoms with Crippen molar-refractivity contribution in [2.75, 3.05) is 0 Å². The minimum atomic E-state index is -1.20. The van der Waals surface area contributed by atoms with Crippen LogP contribution >= 0.6 is 0 Å². The summed E-state index contributed by atoms with van der Waals surface area (Å²) in [5.41, 5.74) is 3.52. The summed E-state index contributed by atoms with van der Waals surface area (Å²) in [6.07, 6.45) is 6.62. The van der Waals surface area contributed by atoms with Crippen molar-refractivity contribution in [3.05, 3.63) is 83.6 Å². The Bertz CT molecular complexity index is 1190. The smallest absolute Gasteiger partial charge is 0.109 e. The lowest BCUT2D eigenvalue weighted by Crippen LogP contribution is -2.23. The SMILES string of the molecule is CCCCc1ncc(CO)n1Cc1cccc2c1ccn2-c1ccccc1C(=O)[O-]. The number of aliphatic hydroxyl groups is 1. The number of aryl methyl sites for hydroxylation is 1. The Kier molecular flexibility index (Phi) is 5.68. The number of benzene rings is 2. The van der Waals surface area contributed by atoms with Gasteiger partial charge in [0, 0.05) is 30.1 Å². The Morgan fingerprint density at radius 3 is 2.73 bits per heavy atom. The van der Waals surface area contributed by atoms with Gasteiger partial charge in [-0.1, -0.05) is 43.7 Å². The van der Waals surface area contributed by atoms with Crippen molar-refractivity contribution in [2.24, 2.45) is 0 Å². The van der Waals surface area contributed by atoms with Gasteiger partial charge >= 0.3 is 0 Å². The molecule has 0 aliphatic rings. The first kappa shape index (κ1) is 19.9. The fraction of sp³-hybridized carbons (Fsp3) is 0.250. The summed E-state index contributed by atoms with van der Waals surface area (Å²) in [7, 11) is 0. The van der Waals surface area contributed by atoms with E-state index < -0.39 is 5.97 Å². The van der Waals surface area contributed by atoms with Gasteiger partial charge in [-0.25, -0.2) is 4.98 Å². The number of para-hydroxylation sites is 1. The van der Waals surface area contributed by atoms with Crippen LogP contribution in [0.1, 0.15) is 47.2 Å². The molecule has 2 aromatic carbocycles. The molecule has 4 rings (SSSR count). The predicted octanol–water partition coefficient (Wildman–Crippen LogP) is 3.07. The molecule has 4 aromatic rings. The van der Waals surface area contributed by atoms with Crippen LogP contribution in [0.2, 0.25) is 0 Å². The molecule has 0 radical (unpaired) electrons. The number of hydrogen-bond donors (Lipinski definition) is 1. The van der Waals surface area contributed by atoms with Gasteiger partial charge in [0.1, 0.15) is 5.82 Å². The summed E-state index contributed by atoms with van der Waals surface area (Å²) in [4.78, 5) is 16.1. The first-order chi connectivity index (χ1) is 14.6. The van der Waals surface area contributed by atoms with E-state index in [1.807, 2.05) is 35.0 Å². The Hall–Kier alpha value is -3.38. The first-order valence-corrected chi connectivity index (χ1v) is 10.2. The summed E-state index contributed by atoms with van der Waals surface area (Å²) < 4.78 is 3.96. The van der Waals surface area contributed by atoms with Gasteiger partial charge < -0.3 is 24.1 Å². The molecule has 0 aliphatic heterocycles. The number of carboxylic acids is 1. The molecule has 2 heterocycles. The standard InChI is InChI=1S/C24H25N3O3/c1-2-3-11-23-25-14-18(16-28)27(23)15-17-7-6-10-21-19(17)12-13-26(21)22-9-5-4-8-20(22)24(29)30/h4-10,12-14,28H,2-3,11,15-16H2,1H3,(H,29,30)/p-1. The number of rotatable bonds is 8. The summed E-state index contributed by atoms with van der Waals surface area (Å²) in [6, 6.07) is 14.8. The zero-order valence-electron chi connectivity index (χ0n) is 16.9. The maximum Gasteiger partial charge on any atom is 0.109 e. The van der Waals surface area contributed by atoms with Crippen LogP contribution < -0.4 is 5.11 Å². The molecule has 2 aromatic heterocycles. The number of carboxylic acid groups (broad SMARTS) is 1. The minimum Gasteiger partial charge on any atom is -0.545 e. The summed E-state index contributed by atoms with van der Waals surface area (Å²) >= 11 is 0. The largest absolute Gasteiger partial charge is 0.545 e. The molecular weight excluding hydrogens is 378 g/mol. The number of imidazole rings is 1. The molecule has 0 atom stereocenters. The van der Waals surface area contributed by atoms with Crippen molar-refractivity contribution in [1.29, 1.82) is 0 Å². The molecule has 0 saturated heterocycles. The number of unbranched alkanes of at least 4 members (excludes halogenated alkanes) is 1. The van der Waals surface area contributed by atoms with Gasteiger partial charge in [-0.3, -0.25) is 0 Å². The number of nitrogens with zero attached hydrogens (tertiary/aromatic N) is 3. The second-order valence-electron chi connectivity index (χ2n) is 7.35. The maximum absolute atomic E-state index is 11.6. The molecule has 6 heteroatoms. The quantitative estimate of drug-likeness (QED) is 0.491. The molecule has 0 fully saturated rings. The molecule has 0 amide bonds. The highest BCUT2D eigenvalue weighted by atomic mass is 16.4. The van der Waals surface area contributed by atoms with E-state index in [4.69, 9.17) is 0 Å². The first-order valence-electron chi connectivity index (χ1n) is 10.2. The highest BCUT2D eigenvalue weighted by Gasteiger charge is 2.14. The summed E-state index contributed by atoms with van der Waals surface area (Å²) in [5, 5.41) is 22.4. The van der Waals surface area contributed by atoms with Crippen molar-refractivity contribution >= 4 is 16.9 Å². The van der Waals surface area contributed by atoms with E-state index in [1.54, 1.807) is 24.4 Å². The van der Waals surface area contributed by atoms with E-state index in [9.17, 15) is 15.0 Å². The summed E-state index contributed by atoms with van der Waals surface area (Å²) in [5.74, 6) is -0.227. The fourth-order valence-electron chi connectivity index (χ4n) is 3.91. The van der Waals surface area contributed by atoms with Gasteiger partial charge in [-0.2, -0.15) is 0 Å². The van der Waals surface area contributed by atoms with Gasteiger partial charge in [0.25, 0.3) is 0 Å². The normalized spacial score (nSPS) is 11.3. The maximum atomic E-state index is 11.6. The number of hydrogen-bond acceptors (Lipinski definition) is 4. The lowest BCUT2D eigenvalue weighted by Gasteiger charge is -2.14. The minimum absolute atomic E-state index is 0.0604. The monoisotopic (exact) mass is 402 g/mol. The molecule has 0 bridgehead atoms. The number of aromatic carboxylic acids is 1. The number of carbonyl (C=O) groups excluding carboxylic acids is 1. The van der Waals surface area contributed by atoms with Gasteiger partial charge in [0.2, 0.25) is 0 Å². The molecule has 30 heavy (non-hydrogen) atoms. The van der Waals surface area contributed by atoms with Crippen molar-refractivity contribution in [3.8, 4) is 5.69 Å². The van der Waals surface area contributed by atoms with E-state index in [0.29, 0.717) is 12.2 Å². The second kappa shape index (κ2) is 8.55. The van der Waals surface area contributed by atoms with E-state index >= 15 is 0 Å². The lowest BCUT2D eigenvalue weighted by molar-refractivity contribution is -0.255. The van der Waals surface area contributed by atoms with Gasteiger partial charge in [-0.15, -0.1) is 0 Å². The summed E-state index contributed by atoms with van der Waals surface area (Å²) in [6.45, 7) is 2.68. The Morgan fingerprint density at radius 2 is 1.97 bits per heavy atom. The van der Waals surface area contributed by atoms with Crippen LogP contribution in [0, 0.1) is 0 Å². The molecule has 1 N–H and O–H groups in total. The van der Waals surface area contributed by atoms with Crippen LogP contribution in [0.5, 0.6) is 0 Å². The third kappa shape index (κ3) is 3.62. The number of carbonyl (C=O) groups is 1. The Balaban J connectivity index is 1.78. The van der Waals surface area contributed by atoms with Crippen LogP contribution in [-0.4, -0.2) is 25.2 Å². The van der Waals surface area contributed by atoms with Crippen LogP contribution in [0.25, 0.3) is 16.6 Å². The molecule has 154 valence electrons. The Morgan fingerprint density at radius 1 is 1.13 bits per heavy atom. The molecule has 6 nitrogen and oxygen atoms in total. The van der Waals surface area contributed by atoms with Crippen LogP contribution in [-0.2, 0) is 19.6 Å². The number of aromatic nitrogens is 3. The van der Waals surface area contributed by atoms with E-state index in [2.05, 4.69) is 22.5 Å². The third-order valence-electron chi connectivity index (χ3n) is 5.47. The fourth-order valence-corrected chi connectivity index (χ4v) is 3.91. The van der Waals surface area contributed by atoms with Gasteiger partial charge in [0.15, 0.2) is 0 Å². The average Bonchev–Trinajstić information content (AvgIpc) is 3.36. The molecule has 0 aliphatic carbocycles. The molecule has 0 spiro atoms. The van der Waals surface area contributed by atoms with E-state index in [-0.39, 0.29) is 12.2 Å². The van der Waals surface area contributed by atoms with Crippen molar-refractivity contribution < 1.29 is 15.0 Å². The van der Waals surface area contributed by atoms with Crippen LogP contribution in [0.4, 0.5) is 0 Å². The van der Waals surface area contributed by atoms with Crippen molar-refractivity contribution in [1.82, 2.24) is 14.1 Å². The lowest BCUT2D eigenvalue weighted by atomic mass is 10.1. The average molecular weight is 402 g/mol. The zero-order chi connectivity index (χ0) is 21.1. The van der Waals surface area contributed by atoms with Crippen molar-refractivity contribution in [2.45, 2.75) is 39.3 Å². The van der Waals surface area contributed by atoms with Crippen LogP contribution in [0.3, 0.4) is 0 Å². The predicted molar refractivity (Wildman–Crippen MR) is 113 cm³/mol. The van der Waals surface area contributed by atoms with Gasteiger partial charge in [0.05, 0.1) is 35.7 Å². The second-order valence-corrected chi connectivity index (χ2v) is 7.35. The zero-order valence-corrected chi connectivity index (χ0v) is 16.9.